The first-order chi connectivity index (χ1) is 14.4. The highest BCUT2D eigenvalue weighted by Crippen LogP contribution is 2.31. The van der Waals surface area contributed by atoms with E-state index < -0.39 is 5.82 Å². The van der Waals surface area contributed by atoms with E-state index in [9.17, 15) is 9.18 Å². The van der Waals surface area contributed by atoms with E-state index in [1.165, 1.54) is 18.2 Å². The van der Waals surface area contributed by atoms with Gasteiger partial charge in [-0.25, -0.2) is 9.37 Å². The Morgan fingerprint density at radius 3 is 2.67 bits per heavy atom. The summed E-state index contributed by atoms with van der Waals surface area (Å²) in [6, 6.07) is 15.6. The van der Waals surface area contributed by atoms with Gasteiger partial charge in [-0.2, -0.15) is 0 Å². The summed E-state index contributed by atoms with van der Waals surface area (Å²) in [5.74, 6) is -0.561. The predicted molar refractivity (Wildman–Crippen MR) is 120 cm³/mol. The number of amides is 1. The number of aromatic nitrogens is 1. The number of oxazole rings is 1. The van der Waals surface area contributed by atoms with E-state index in [1.54, 1.807) is 42.5 Å². The molecule has 1 amide bonds. The van der Waals surface area contributed by atoms with Gasteiger partial charge in [-0.3, -0.25) is 10.1 Å². The van der Waals surface area contributed by atoms with Gasteiger partial charge in [0.1, 0.15) is 11.3 Å². The number of hydrogen-bond donors (Lipinski definition) is 2. The Labute approximate surface area is 185 Å². The third-order valence-electron chi connectivity index (χ3n) is 4.12. The lowest BCUT2D eigenvalue weighted by Gasteiger charge is -2.09. The van der Waals surface area contributed by atoms with Crippen molar-refractivity contribution in [2.75, 3.05) is 5.32 Å². The van der Waals surface area contributed by atoms with Crippen LogP contribution in [-0.4, -0.2) is 16.0 Å². The van der Waals surface area contributed by atoms with Crippen molar-refractivity contribution in [3.05, 3.63) is 82.1 Å². The van der Waals surface area contributed by atoms with Crippen LogP contribution in [0.15, 0.2) is 65.1 Å². The first-order valence-corrected chi connectivity index (χ1v) is 9.79. The van der Waals surface area contributed by atoms with Gasteiger partial charge >= 0.3 is 0 Å². The van der Waals surface area contributed by atoms with Crippen molar-refractivity contribution in [1.82, 2.24) is 10.3 Å². The normalized spacial score (nSPS) is 10.8. The molecule has 2 N–H and O–H groups in total. The van der Waals surface area contributed by atoms with Crippen LogP contribution in [0.4, 0.5) is 10.1 Å². The fraction of sp³-hybridized carbons (Fsp3) is 0. The molecule has 0 saturated heterocycles. The molecule has 9 heteroatoms. The SMILES string of the molecule is O=C(NC(=S)Nc1ccc2oc(-c3ccc(F)cc3Cl)nc2c1)c1cccc(Cl)c1. The second-order valence-corrected chi connectivity index (χ2v) is 7.50. The van der Waals surface area contributed by atoms with Crippen LogP contribution in [0, 0.1) is 5.82 Å². The average Bonchev–Trinajstić information content (AvgIpc) is 3.10. The van der Waals surface area contributed by atoms with Crippen LogP contribution < -0.4 is 10.6 Å². The molecule has 4 aromatic rings. The van der Waals surface area contributed by atoms with Crippen LogP contribution in [0.2, 0.25) is 10.0 Å². The Balaban J connectivity index is 1.51. The van der Waals surface area contributed by atoms with E-state index in [2.05, 4.69) is 15.6 Å². The van der Waals surface area contributed by atoms with Crippen molar-refractivity contribution in [3.63, 3.8) is 0 Å². The lowest BCUT2D eigenvalue weighted by molar-refractivity contribution is 0.0977. The Morgan fingerprint density at radius 2 is 1.90 bits per heavy atom. The zero-order chi connectivity index (χ0) is 21.3. The molecule has 1 heterocycles. The molecule has 0 aliphatic heterocycles. The summed E-state index contributed by atoms with van der Waals surface area (Å²) < 4.78 is 19.0. The van der Waals surface area contributed by atoms with Crippen LogP contribution >= 0.6 is 35.4 Å². The van der Waals surface area contributed by atoms with Gasteiger partial charge in [0.2, 0.25) is 5.89 Å². The fourth-order valence-electron chi connectivity index (χ4n) is 2.75. The van der Waals surface area contributed by atoms with Gasteiger partial charge in [-0.1, -0.05) is 29.3 Å². The maximum absolute atomic E-state index is 13.3. The predicted octanol–water partition coefficient (Wildman–Crippen LogP) is 6.07. The van der Waals surface area contributed by atoms with E-state index in [0.29, 0.717) is 32.9 Å². The van der Waals surface area contributed by atoms with Gasteiger partial charge in [0.05, 0.1) is 10.6 Å². The van der Waals surface area contributed by atoms with E-state index >= 15 is 0 Å². The minimum absolute atomic E-state index is 0.115. The minimum Gasteiger partial charge on any atom is -0.436 e. The fourth-order valence-corrected chi connectivity index (χ4v) is 3.40. The van der Waals surface area contributed by atoms with Gasteiger partial charge in [-0.15, -0.1) is 0 Å². The number of carbonyl (C=O) groups is 1. The summed E-state index contributed by atoms with van der Waals surface area (Å²) in [6.07, 6.45) is 0. The van der Waals surface area contributed by atoms with Crippen molar-refractivity contribution >= 4 is 63.2 Å². The molecular weight excluding hydrogens is 448 g/mol. The maximum atomic E-state index is 13.3. The topological polar surface area (TPSA) is 67.2 Å². The molecule has 0 atom stereocenters. The van der Waals surface area contributed by atoms with Gasteiger partial charge in [0.25, 0.3) is 5.91 Å². The lowest BCUT2D eigenvalue weighted by atomic mass is 10.2. The second-order valence-electron chi connectivity index (χ2n) is 6.24. The maximum Gasteiger partial charge on any atom is 0.257 e. The van der Waals surface area contributed by atoms with Crippen LogP contribution in [0.1, 0.15) is 10.4 Å². The molecule has 1 aromatic heterocycles. The standard InChI is InChI=1S/C21H12Cl2FN3O2S/c22-12-3-1-2-11(8-12)19(28)27-21(30)25-14-5-7-18-17(10-14)26-20(29-18)15-6-4-13(24)9-16(15)23/h1-10H,(H2,25,27,28,30). The summed E-state index contributed by atoms with van der Waals surface area (Å²) in [4.78, 5) is 16.7. The highest BCUT2D eigenvalue weighted by Gasteiger charge is 2.14. The summed E-state index contributed by atoms with van der Waals surface area (Å²) in [7, 11) is 0. The highest BCUT2D eigenvalue weighted by atomic mass is 35.5. The number of nitrogens with one attached hydrogen (secondary N) is 2. The second kappa shape index (κ2) is 8.39. The molecule has 4 rings (SSSR count). The molecule has 0 radical (unpaired) electrons. The molecule has 0 aliphatic carbocycles. The Morgan fingerprint density at radius 1 is 1.07 bits per heavy atom. The number of thiocarbonyl (C=S) groups is 1. The van der Waals surface area contributed by atoms with E-state index in [4.69, 9.17) is 39.8 Å². The molecule has 150 valence electrons. The molecule has 0 bridgehead atoms. The van der Waals surface area contributed by atoms with Crippen molar-refractivity contribution in [1.29, 1.82) is 0 Å². The Bertz CT molecular complexity index is 1290. The third-order valence-corrected chi connectivity index (χ3v) is 4.87. The average molecular weight is 460 g/mol. The van der Waals surface area contributed by atoms with Crippen molar-refractivity contribution in [2.45, 2.75) is 0 Å². The third kappa shape index (κ3) is 4.43. The van der Waals surface area contributed by atoms with Crippen molar-refractivity contribution in [2.24, 2.45) is 0 Å². The Hall–Kier alpha value is -3.00. The summed E-state index contributed by atoms with van der Waals surface area (Å²) in [6.45, 7) is 0. The number of carbonyl (C=O) groups excluding carboxylic acids is 1. The smallest absolute Gasteiger partial charge is 0.257 e. The molecular formula is C21H12Cl2FN3O2S. The number of fused-ring (bicyclic) bond motifs is 1. The van der Waals surface area contributed by atoms with Crippen LogP contribution in [0.3, 0.4) is 0 Å². The largest absolute Gasteiger partial charge is 0.436 e. The summed E-state index contributed by atoms with van der Waals surface area (Å²) >= 11 is 17.2. The zero-order valence-electron chi connectivity index (χ0n) is 15.1. The van der Waals surface area contributed by atoms with E-state index in [1.807, 2.05) is 0 Å². The molecule has 0 saturated carbocycles. The van der Waals surface area contributed by atoms with Gasteiger partial charge in [0, 0.05) is 16.3 Å². The quantitative estimate of drug-likeness (QED) is 0.364. The van der Waals surface area contributed by atoms with Gasteiger partial charge in [-0.05, 0) is 66.8 Å². The molecule has 0 spiro atoms. The molecule has 30 heavy (non-hydrogen) atoms. The zero-order valence-corrected chi connectivity index (χ0v) is 17.4. The van der Waals surface area contributed by atoms with E-state index in [-0.39, 0.29) is 21.9 Å². The lowest BCUT2D eigenvalue weighted by Crippen LogP contribution is -2.34. The minimum atomic E-state index is -0.445. The first kappa shape index (κ1) is 20.3. The number of anilines is 1. The number of halogens is 3. The molecule has 0 unspecified atom stereocenters. The highest BCUT2D eigenvalue weighted by molar-refractivity contribution is 7.80. The first-order valence-electron chi connectivity index (χ1n) is 8.63. The number of hydrogen-bond acceptors (Lipinski definition) is 4. The van der Waals surface area contributed by atoms with Gasteiger partial charge < -0.3 is 9.73 Å². The molecule has 3 aromatic carbocycles. The van der Waals surface area contributed by atoms with Gasteiger partial charge in [0.15, 0.2) is 10.7 Å². The van der Waals surface area contributed by atoms with Crippen molar-refractivity contribution < 1.29 is 13.6 Å². The summed E-state index contributed by atoms with van der Waals surface area (Å²) in [5.41, 5.74) is 2.53. The van der Waals surface area contributed by atoms with Crippen LogP contribution in [-0.2, 0) is 0 Å². The van der Waals surface area contributed by atoms with Crippen molar-refractivity contribution in [3.8, 4) is 11.5 Å². The number of nitrogens with zero attached hydrogens (tertiary/aromatic N) is 1. The molecule has 0 aliphatic rings. The summed E-state index contributed by atoms with van der Waals surface area (Å²) in [5, 5.41) is 6.28. The molecule has 5 nitrogen and oxygen atoms in total. The monoisotopic (exact) mass is 459 g/mol. The van der Waals surface area contributed by atoms with E-state index in [0.717, 1.165) is 0 Å². The molecule has 0 fully saturated rings. The number of rotatable bonds is 3. The number of benzene rings is 3. The Kier molecular flexibility index (Phi) is 5.67. The van der Waals surface area contributed by atoms with Crippen LogP contribution in [0.5, 0.6) is 0 Å². The van der Waals surface area contributed by atoms with Crippen LogP contribution in [0.25, 0.3) is 22.6 Å².